The van der Waals surface area contributed by atoms with Crippen molar-refractivity contribution in [2.24, 2.45) is 0 Å². The second-order valence-corrected chi connectivity index (χ2v) is 12.6. The highest BCUT2D eigenvalue weighted by atomic mass is 35.5. The van der Waals surface area contributed by atoms with Crippen LogP contribution in [-0.2, 0) is 26.6 Å². The number of benzene rings is 3. The first-order valence-corrected chi connectivity index (χ1v) is 14.5. The summed E-state index contributed by atoms with van der Waals surface area (Å²) in [6.45, 7) is 1.48. The molecule has 5 aromatic rings. The van der Waals surface area contributed by atoms with E-state index in [0.29, 0.717) is 62.0 Å². The predicted octanol–water partition coefficient (Wildman–Crippen LogP) is 6.14. The number of hydrogen-bond acceptors (Lipinski definition) is 6. The van der Waals surface area contributed by atoms with Gasteiger partial charge in [0.2, 0.25) is 11.8 Å². The van der Waals surface area contributed by atoms with Gasteiger partial charge >= 0.3 is 0 Å². The number of anilines is 1. The second kappa shape index (κ2) is 9.32. The summed E-state index contributed by atoms with van der Waals surface area (Å²) in [4.78, 5) is 17.6. The Labute approximate surface area is 232 Å². The molecule has 6 rings (SSSR count). The molecule has 0 spiro atoms. The highest BCUT2D eigenvalue weighted by molar-refractivity contribution is 7.91. The fourth-order valence-corrected chi connectivity index (χ4v) is 6.55. The summed E-state index contributed by atoms with van der Waals surface area (Å²) in [6.07, 6.45) is 2.94. The van der Waals surface area contributed by atoms with Gasteiger partial charge in [0.15, 0.2) is 15.4 Å². The highest BCUT2D eigenvalue weighted by Crippen LogP contribution is 2.57. The maximum atomic E-state index is 13.6. The standard InChI is InChI=1S/C27H21Cl2FN4O4S/c1-2-39(36,37)18-4-6-22-15(9-18)13-31-34(22)14-24(35)32-17-11-19(28)25(20(29)12-17)27(7-8-27)26-33-21-5-3-16(30)10-23(21)38-26/h3-6,9-13H,2,7-8,14H2,1H3,(H,32,35). The number of halogens is 3. The maximum absolute atomic E-state index is 13.6. The highest BCUT2D eigenvalue weighted by Gasteiger charge is 2.52. The summed E-state index contributed by atoms with van der Waals surface area (Å²) >= 11 is 13.3. The number of rotatable bonds is 7. The first-order chi connectivity index (χ1) is 18.6. The normalized spacial score (nSPS) is 14.7. The Bertz CT molecular complexity index is 1870. The molecule has 1 saturated carbocycles. The van der Waals surface area contributed by atoms with Crippen LogP contribution < -0.4 is 5.32 Å². The summed E-state index contributed by atoms with van der Waals surface area (Å²) < 4.78 is 45.4. The Balaban J connectivity index is 1.23. The van der Waals surface area contributed by atoms with Gasteiger partial charge in [-0.3, -0.25) is 9.48 Å². The van der Waals surface area contributed by atoms with Gasteiger partial charge in [-0.05, 0) is 55.3 Å². The summed E-state index contributed by atoms with van der Waals surface area (Å²) in [7, 11) is -3.35. The van der Waals surface area contributed by atoms with Crippen molar-refractivity contribution in [3.63, 3.8) is 0 Å². The van der Waals surface area contributed by atoms with Crippen LogP contribution in [0.5, 0.6) is 0 Å². The van der Waals surface area contributed by atoms with Crippen LogP contribution in [0.4, 0.5) is 10.1 Å². The van der Waals surface area contributed by atoms with E-state index in [2.05, 4.69) is 15.4 Å². The zero-order valence-corrected chi connectivity index (χ0v) is 22.9. The lowest BCUT2D eigenvalue weighted by atomic mass is 9.95. The molecule has 3 aromatic carbocycles. The zero-order chi connectivity index (χ0) is 27.5. The molecular formula is C27H21Cl2FN4O4S. The topological polar surface area (TPSA) is 107 Å². The maximum Gasteiger partial charge on any atom is 0.246 e. The third-order valence-electron chi connectivity index (χ3n) is 6.96. The average molecular weight is 587 g/mol. The van der Waals surface area contributed by atoms with Crippen LogP contribution in [0.25, 0.3) is 22.0 Å². The van der Waals surface area contributed by atoms with Gasteiger partial charge in [-0.25, -0.2) is 17.8 Å². The van der Waals surface area contributed by atoms with Crippen LogP contribution >= 0.6 is 23.2 Å². The van der Waals surface area contributed by atoms with Gasteiger partial charge in [-0.1, -0.05) is 30.1 Å². The molecule has 200 valence electrons. The number of oxazole rings is 1. The lowest BCUT2D eigenvalue weighted by Crippen LogP contribution is -2.20. The largest absolute Gasteiger partial charge is 0.440 e. The van der Waals surface area contributed by atoms with E-state index in [9.17, 15) is 17.6 Å². The molecule has 1 amide bonds. The van der Waals surface area contributed by atoms with E-state index >= 15 is 0 Å². The molecule has 0 unspecified atom stereocenters. The van der Waals surface area contributed by atoms with Crippen molar-refractivity contribution in [3.05, 3.63) is 82.0 Å². The molecule has 2 heterocycles. The quantitative estimate of drug-likeness (QED) is 0.245. The van der Waals surface area contributed by atoms with Gasteiger partial charge in [0.25, 0.3) is 0 Å². The molecule has 39 heavy (non-hydrogen) atoms. The van der Waals surface area contributed by atoms with Gasteiger partial charge in [0.1, 0.15) is 17.9 Å². The molecule has 1 aliphatic rings. The first kappa shape index (κ1) is 25.8. The summed E-state index contributed by atoms with van der Waals surface area (Å²) in [5, 5.41) is 8.34. The van der Waals surface area contributed by atoms with Crippen LogP contribution in [0, 0.1) is 5.82 Å². The number of aromatic nitrogens is 3. The van der Waals surface area contributed by atoms with E-state index in [1.807, 2.05) is 0 Å². The molecule has 0 radical (unpaired) electrons. The van der Waals surface area contributed by atoms with Crippen LogP contribution in [0.2, 0.25) is 10.0 Å². The Morgan fingerprint density at radius 1 is 1.13 bits per heavy atom. The number of fused-ring (bicyclic) bond motifs is 2. The van der Waals surface area contributed by atoms with E-state index in [1.54, 1.807) is 37.3 Å². The molecule has 1 N–H and O–H groups in total. The van der Waals surface area contributed by atoms with Crippen molar-refractivity contribution in [3.8, 4) is 0 Å². The van der Waals surface area contributed by atoms with Crippen molar-refractivity contribution in [1.82, 2.24) is 14.8 Å². The summed E-state index contributed by atoms with van der Waals surface area (Å²) in [5.74, 6) is -0.366. The van der Waals surface area contributed by atoms with Crippen LogP contribution in [-0.4, -0.2) is 34.8 Å². The van der Waals surface area contributed by atoms with E-state index < -0.39 is 21.1 Å². The smallest absolute Gasteiger partial charge is 0.246 e. The average Bonchev–Trinajstić information content (AvgIpc) is 3.40. The molecule has 0 atom stereocenters. The van der Waals surface area contributed by atoms with Crippen molar-refractivity contribution in [2.45, 2.75) is 36.6 Å². The zero-order valence-electron chi connectivity index (χ0n) is 20.5. The van der Waals surface area contributed by atoms with E-state index in [4.69, 9.17) is 27.6 Å². The van der Waals surface area contributed by atoms with Crippen LogP contribution in [0.15, 0.2) is 64.0 Å². The Hall–Kier alpha value is -3.47. The van der Waals surface area contributed by atoms with Crippen molar-refractivity contribution >= 4 is 66.6 Å². The molecule has 8 nitrogen and oxygen atoms in total. The molecule has 1 aliphatic carbocycles. The monoisotopic (exact) mass is 586 g/mol. The summed E-state index contributed by atoms with van der Waals surface area (Å²) in [6, 6.07) is 12.1. The van der Waals surface area contributed by atoms with E-state index in [1.165, 1.54) is 29.1 Å². The predicted molar refractivity (Wildman–Crippen MR) is 147 cm³/mol. The Morgan fingerprint density at radius 2 is 1.87 bits per heavy atom. The number of hydrogen-bond donors (Lipinski definition) is 1. The van der Waals surface area contributed by atoms with Crippen LogP contribution in [0.1, 0.15) is 31.2 Å². The minimum atomic E-state index is -3.35. The third kappa shape index (κ3) is 4.56. The SMILES string of the molecule is CCS(=O)(=O)c1ccc2c(cnn2CC(=O)Nc2cc(Cl)c(C3(c4nc5ccc(F)cc5o4)CC3)c(Cl)c2)c1. The van der Waals surface area contributed by atoms with Crippen LogP contribution in [0.3, 0.4) is 0 Å². The molecule has 0 aliphatic heterocycles. The first-order valence-electron chi connectivity index (χ1n) is 12.1. The second-order valence-electron chi connectivity index (χ2n) is 9.50. The Morgan fingerprint density at radius 3 is 2.56 bits per heavy atom. The fourth-order valence-electron chi connectivity index (χ4n) is 4.79. The third-order valence-corrected chi connectivity index (χ3v) is 9.29. The number of carbonyl (C=O) groups is 1. The molecule has 0 saturated heterocycles. The van der Waals surface area contributed by atoms with Gasteiger partial charge < -0.3 is 9.73 Å². The van der Waals surface area contributed by atoms with Gasteiger partial charge in [0, 0.05) is 32.7 Å². The lowest BCUT2D eigenvalue weighted by molar-refractivity contribution is -0.116. The Kier molecular flexibility index (Phi) is 6.16. The van der Waals surface area contributed by atoms with E-state index in [-0.39, 0.29) is 23.1 Å². The number of nitrogens with one attached hydrogen (secondary N) is 1. The minimum absolute atomic E-state index is 0.00511. The molecule has 0 bridgehead atoms. The van der Waals surface area contributed by atoms with Crippen molar-refractivity contribution in [2.75, 3.05) is 11.1 Å². The molecular weight excluding hydrogens is 566 g/mol. The molecule has 12 heteroatoms. The molecule has 2 aromatic heterocycles. The molecule has 1 fully saturated rings. The fraction of sp³-hybridized carbons (Fsp3) is 0.222. The van der Waals surface area contributed by atoms with Gasteiger partial charge in [-0.2, -0.15) is 5.10 Å². The minimum Gasteiger partial charge on any atom is -0.440 e. The van der Waals surface area contributed by atoms with Gasteiger partial charge in [-0.15, -0.1) is 0 Å². The lowest BCUT2D eigenvalue weighted by Gasteiger charge is -2.17. The number of sulfone groups is 1. The van der Waals surface area contributed by atoms with Gasteiger partial charge in [0.05, 0.1) is 27.8 Å². The summed E-state index contributed by atoms with van der Waals surface area (Å²) in [5.41, 5.74) is 1.95. The van der Waals surface area contributed by atoms with Crippen molar-refractivity contribution < 1.29 is 22.0 Å². The number of carbonyl (C=O) groups excluding carboxylic acids is 1. The number of nitrogens with zero attached hydrogens (tertiary/aromatic N) is 3. The van der Waals surface area contributed by atoms with Crippen molar-refractivity contribution in [1.29, 1.82) is 0 Å². The number of amides is 1. The van der Waals surface area contributed by atoms with E-state index in [0.717, 1.165) is 0 Å².